The Hall–Kier alpha value is -4.30. The van der Waals surface area contributed by atoms with Gasteiger partial charge in [-0.05, 0) is 66.1 Å². The highest BCUT2D eigenvalue weighted by Gasteiger charge is 2.10. The van der Waals surface area contributed by atoms with Crippen LogP contribution in [0.4, 0.5) is 11.4 Å². The molecule has 4 aromatic rings. The van der Waals surface area contributed by atoms with Gasteiger partial charge in [0.2, 0.25) is 0 Å². The van der Waals surface area contributed by atoms with Gasteiger partial charge in [-0.2, -0.15) is 5.26 Å². The minimum Gasteiger partial charge on any atom is -0.476 e. The van der Waals surface area contributed by atoms with Gasteiger partial charge in [-0.15, -0.1) is 0 Å². The van der Waals surface area contributed by atoms with Gasteiger partial charge in [0.25, 0.3) is 0 Å². The van der Waals surface area contributed by atoms with Crippen LogP contribution in [-0.2, 0) is 0 Å². The van der Waals surface area contributed by atoms with Crippen molar-refractivity contribution >= 4 is 11.4 Å². The van der Waals surface area contributed by atoms with Crippen molar-refractivity contribution in [3.05, 3.63) is 84.9 Å². The summed E-state index contributed by atoms with van der Waals surface area (Å²) in [4.78, 5) is 4.90. The van der Waals surface area contributed by atoms with Crippen molar-refractivity contribution in [3.8, 4) is 45.5 Å². The van der Waals surface area contributed by atoms with Gasteiger partial charge in [0.05, 0.1) is 11.4 Å². The van der Waals surface area contributed by atoms with E-state index >= 15 is 0 Å². The Balaban J connectivity index is 1.76. The van der Waals surface area contributed by atoms with Crippen LogP contribution in [0.25, 0.3) is 33.6 Å². The van der Waals surface area contributed by atoms with Crippen molar-refractivity contribution in [3.63, 3.8) is 0 Å². The molecule has 1 unspecified atom stereocenters. The summed E-state index contributed by atoms with van der Waals surface area (Å²) in [5, 5.41) is 9.13. The van der Waals surface area contributed by atoms with Crippen LogP contribution in [0.15, 0.2) is 84.9 Å². The number of hydrogen-bond donors (Lipinski definition) is 2. The van der Waals surface area contributed by atoms with Gasteiger partial charge in [0.1, 0.15) is 11.8 Å². The van der Waals surface area contributed by atoms with Crippen LogP contribution in [0.5, 0.6) is 5.75 Å². The molecular formula is C27H24N4O. The number of pyridine rings is 1. The molecule has 4 rings (SSSR count). The van der Waals surface area contributed by atoms with Gasteiger partial charge in [0, 0.05) is 22.5 Å². The summed E-state index contributed by atoms with van der Waals surface area (Å²) in [6.45, 7) is 1.93. The van der Waals surface area contributed by atoms with E-state index < -0.39 is 6.10 Å². The molecule has 1 heterocycles. The molecule has 3 aromatic carbocycles. The molecule has 0 aliphatic rings. The fourth-order valence-electron chi connectivity index (χ4n) is 3.39. The summed E-state index contributed by atoms with van der Waals surface area (Å²) < 4.78 is 5.72. The molecule has 0 saturated heterocycles. The largest absolute Gasteiger partial charge is 0.476 e. The van der Waals surface area contributed by atoms with Gasteiger partial charge in [0.15, 0.2) is 6.10 Å². The van der Waals surface area contributed by atoms with Crippen LogP contribution in [0.3, 0.4) is 0 Å². The first-order chi connectivity index (χ1) is 15.6. The van der Waals surface area contributed by atoms with Crippen LogP contribution in [0.2, 0.25) is 0 Å². The summed E-state index contributed by atoms with van der Waals surface area (Å²) in [7, 11) is 0. The quantitative estimate of drug-likeness (QED) is 0.377. The van der Waals surface area contributed by atoms with Crippen molar-refractivity contribution in [2.24, 2.45) is 0 Å². The summed E-state index contributed by atoms with van der Waals surface area (Å²) in [6, 6.07) is 29.4. The third kappa shape index (κ3) is 4.71. The maximum Gasteiger partial charge on any atom is 0.184 e. The normalized spacial score (nSPS) is 11.5. The number of hydrogen-bond acceptors (Lipinski definition) is 5. The number of nitrogens with zero attached hydrogens (tertiary/aromatic N) is 2. The Kier molecular flexibility index (Phi) is 6.05. The van der Waals surface area contributed by atoms with E-state index in [1.807, 2.05) is 79.7 Å². The second-order valence-corrected chi connectivity index (χ2v) is 7.54. The lowest BCUT2D eigenvalue weighted by Crippen LogP contribution is -2.11. The molecule has 0 aliphatic carbocycles. The average Bonchev–Trinajstić information content (AvgIpc) is 2.83. The monoisotopic (exact) mass is 420 g/mol. The van der Waals surface area contributed by atoms with Gasteiger partial charge in [-0.3, -0.25) is 0 Å². The SMILES string of the molecule is CCC(C#N)Oc1ccc(-c2cc(-c3ccc(N)cc3)nc(-c3ccc(N)cc3)c2)cc1. The first-order valence-corrected chi connectivity index (χ1v) is 10.5. The molecule has 0 spiro atoms. The Morgan fingerprint density at radius 3 is 1.66 bits per heavy atom. The van der Waals surface area contributed by atoms with Gasteiger partial charge in [-0.25, -0.2) is 4.98 Å². The molecule has 1 aromatic heterocycles. The first-order valence-electron chi connectivity index (χ1n) is 10.5. The molecule has 4 N–H and O–H groups in total. The molecule has 0 aliphatic heterocycles. The van der Waals surface area contributed by atoms with Crippen molar-refractivity contribution in [1.29, 1.82) is 5.26 Å². The average molecular weight is 421 g/mol. The minimum atomic E-state index is -0.448. The van der Waals surface area contributed by atoms with Crippen LogP contribution >= 0.6 is 0 Å². The Bertz CT molecular complexity index is 1180. The van der Waals surface area contributed by atoms with E-state index in [1.165, 1.54) is 0 Å². The minimum absolute atomic E-state index is 0.448. The highest BCUT2D eigenvalue weighted by Crippen LogP contribution is 2.31. The Labute approximate surface area is 187 Å². The van der Waals surface area contributed by atoms with E-state index in [4.69, 9.17) is 26.5 Å². The van der Waals surface area contributed by atoms with E-state index in [2.05, 4.69) is 18.2 Å². The van der Waals surface area contributed by atoms with Crippen LogP contribution in [0.1, 0.15) is 13.3 Å². The van der Waals surface area contributed by atoms with Crippen LogP contribution < -0.4 is 16.2 Å². The van der Waals surface area contributed by atoms with Gasteiger partial charge in [-0.1, -0.05) is 43.3 Å². The van der Waals surface area contributed by atoms with Gasteiger partial charge >= 0.3 is 0 Å². The van der Waals surface area contributed by atoms with E-state index in [1.54, 1.807) is 0 Å². The number of benzene rings is 3. The third-order valence-corrected chi connectivity index (χ3v) is 5.22. The van der Waals surface area contributed by atoms with Crippen molar-refractivity contribution in [2.45, 2.75) is 19.4 Å². The van der Waals surface area contributed by atoms with Crippen molar-refractivity contribution in [1.82, 2.24) is 4.98 Å². The maximum absolute atomic E-state index is 9.13. The fraction of sp³-hybridized carbons (Fsp3) is 0.111. The molecule has 158 valence electrons. The molecular weight excluding hydrogens is 396 g/mol. The molecule has 32 heavy (non-hydrogen) atoms. The zero-order valence-corrected chi connectivity index (χ0v) is 17.8. The number of rotatable bonds is 6. The number of nitrogens with two attached hydrogens (primary N) is 2. The molecule has 0 bridgehead atoms. The number of nitrogen functional groups attached to an aromatic ring is 2. The molecule has 0 amide bonds. The van der Waals surface area contributed by atoms with E-state index in [9.17, 15) is 0 Å². The molecule has 0 saturated carbocycles. The van der Waals surface area contributed by atoms with Crippen LogP contribution in [0, 0.1) is 11.3 Å². The van der Waals surface area contributed by atoms with Crippen LogP contribution in [-0.4, -0.2) is 11.1 Å². The Morgan fingerprint density at radius 1 is 0.750 bits per heavy atom. The highest BCUT2D eigenvalue weighted by molar-refractivity contribution is 5.77. The molecule has 0 fully saturated rings. The second kappa shape index (κ2) is 9.23. The van der Waals surface area contributed by atoms with E-state index in [-0.39, 0.29) is 0 Å². The Morgan fingerprint density at radius 2 is 1.22 bits per heavy atom. The predicted molar refractivity (Wildman–Crippen MR) is 130 cm³/mol. The first kappa shape index (κ1) is 21.0. The number of ether oxygens (including phenoxy) is 1. The smallest absolute Gasteiger partial charge is 0.184 e. The number of anilines is 2. The third-order valence-electron chi connectivity index (χ3n) is 5.22. The fourth-order valence-corrected chi connectivity index (χ4v) is 3.39. The molecule has 5 nitrogen and oxygen atoms in total. The number of aromatic nitrogens is 1. The standard InChI is InChI=1S/C27H24N4O/c1-2-24(17-28)32-25-13-7-18(8-14-25)21-15-26(19-3-9-22(29)10-4-19)31-27(16-21)20-5-11-23(30)12-6-20/h3-16,24H,2,29-30H2,1H3. The lowest BCUT2D eigenvalue weighted by Gasteiger charge is -2.13. The summed E-state index contributed by atoms with van der Waals surface area (Å²) >= 11 is 0. The zero-order chi connectivity index (χ0) is 22.5. The van der Waals surface area contributed by atoms with E-state index in [0.717, 1.165) is 33.6 Å². The van der Waals surface area contributed by atoms with E-state index in [0.29, 0.717) is 23.5 Å². The summed E-state index contributed by atoms with van der Waals surface area (Å²) in [6.07, 6.45) is 0.189. The predicted octanol–water partition coefficient (Wildman–Crippen LogP) is 5.93. The topological polar surface area (TPSA) is 97.9 Å². The highest BCUT2D eigenvalue weighted by atomic mass is 16.5. The molecule has 1 atom stereocenters. The number of nitriles is 1. The molecule has 0 radical (unpaired) electrons. The van der Waals surface area contributed by atoms with Gasteiger partial charge < -0.3 is 16.2 Å². The lowest BCUT2D eigenvalue weighted by molar-refractivity contribution is 0.252. The second-order valence-electron chi connectivity index (χ2n) is 7.54. The van der Waals surface area contributed by atoms with Crippen molar-refractivity contribution in [2.75, 3.05) is 11.5 Å². The molecule has 5 heteroatoms. The summed E-state index contributed by atoms with van der Waals surface area (Å²) in [5.41, 5.74) is 18.9. The van der Waals surface area contributed by atoms with Crippen molar-refractivity contribution < 1.29 is 4.74 Å². The maximum atomic E-state index is 9.13. The zero-order valence-electron chi connectivity index (χ0n) is 17.8. The summed E-state index contributed by atoms with van der Waals surface area (Å²) in [5.74, 6) is 0.675. The lowest BCUT2D eigenvalue weighted by atomic mass is 9.99.